The van der Waals surface area contributed by atoms with Crippen LogP contribution in [0.25, 0.3) is 0 Å². The van der Waals surface area contributed by atoms with Crippen molar-refractivity contribution in [2.24, 2.45) is 5.92 Å². The highest BCUT2D eigenvalue weighted by atomic mass is 35.5. The Kier molecular flexibility index (Phi) is 3.89. The second kappa shape index (κ2) is 5.23. The summed E-state index contributed by atoms with van der Waals surface area (Å²) in [6.07, 6.45) is 0. The number of likely N-dealkylation sites (N-methyl/N-ethyl adjacent to an activating group) is 1. The smallest absolute Gasteiger partial charge is 0.128 e. The first kappa shape index (κ1) is 12.7. The fourth-order valence-corrected chi connectivity index (χ4v) is 2.68. The van der Waals surface area contributed by atoms with Crippen LogP contribution >= 0.6 is 11.6 Å². The van der Waals surface area contributed by atoms with E-state index >= 15 is 0 Å². The van der Waals surface area contributed by atoms with Gasteiger partial charge in [0.2, 0.25) is 0 Å². The van der Waals surface area contributed by atoms with Crippen LogP contribution < -0.4 is 4.90 Å². The third-order valence-corrected chi connectivity index (χ3v) is 3.76. The molecule has 2 rings (SSSR count). The molecular formula is C13H20ClN3. The molecule has 2 heterocycles. The van der Waals surface area contributed by atoms with Gasteiger partial charge in [0.25, 0.3) is 0 Å². The van der Waals surface area contributed by atoms with Gasteiger partial charge < -0.3 is 9.80 Å². The molecule has 0 radical (unpaired) electrons. The number of rotatable bonds is 3. The molecule has 4 heteroatoms. The highest BCUT2D eigenvalue weighted by Gasteiger charge is 2.31. The summed E-state index contributed by atoms with van der Waals surface area (Å²) >= 11 is 5.82. The van der Waals surface area contributed by atoms with Crippen LogP contribution in [-0.4, -0.2) is 43.1 Å². The van der Waals surface area contributed by atoms with Crippen LogP contribution in [0.1, 0.15) is 12.6 Å². The summed E-state index contributed by atoms with van der Waals surface area (Å²) in [5, 5.41) is 0. The van der Waals surface area contributed by atoms with E-state index in [1.54, 1.807) is 0 Å². The maximum atomic E-state index is 5.82. The zero-order valence-electron chi connectivity index (χ0n) is 10.7. The summed E-state index contributed by atoms with van der Waals surface area (Å²) < 4.78 is 0. The van der Waals surface area contributed by atoms with E-state index in [0.717, 1.165) is 24.6 Å². The Morgan fingerprint density at radius 1 is 1.41 bits per heavy atom. The van der Waals surface area contributed by atoms with E-state index < -0.39 is 0 Å². The lowest BCUT2D eigenvalue weighted by Crippen LogP contribution is -2.34. The first-order valence-electron chi connectivity index (χ1n) is 6.05. The van der Waals surface area contributed by atoms with Crippen molar-refractivity contribution in [2.75, 3.05) is 32.1 Å². The Hall–Kier alpha value is -0.800. The van der Waals surface area contributed by atoms with Gasteiger partial charge in [-0.25, -0.2) is 4.98 Å². The topological polar surface area (TPSA) is 19.4 Å². The van der Waals surface area contributed by atoms with E-state index in [2.05, 4.69) is 41.9 Å². The van der Waals surface area contributed by atoms with Crippen LogP contribution in [0, 0.1) is 5.92 Å². The SMILES string of the molecule is CC1CN(c2cccc(CCl)n2)CC1N(C)C. The zero-order chi connectivity index (χ0) is 12.4. The molecule has 0 aliphatic carbocycles. The number of hydrogen-bond acceptors (Lipinski definition) is 3. The minimum Gasteiger partial charge on any atom is -0.355 e. The molecule has 17 heavy (non-hydrogen) atoms. The van der Waals surface area contributed by atoms with Gasteiger partial charge >= 0.3 is 0 Å². The second-order valence-corrected chi connectivity index (χ2v) is 5.30. The molecule has 0 saturated carbocycles. The molecule has 1 aromatic heterocycles. The number of aromatic nitrogens is 1. The average Bonchev–Trinajstić information content (AvgIpc) is 2.71. The summed E-state index contributed by atoms with van der Waals surface area (Å²) in [6.45, 7) is 4.42. The van der Waals surface area contributed by atoms with Crippen molar-refractivity contribution in [3.8, 4) is 0 Å². The Morgan fingerprint density at radius 3 is 2.76 bits per heavy atom. The van der Waals surface area contributed by atoms with Crippen molar-refractivity contribution in [3.05, 3.63) is 23.9 Å². The average molecular weight is 254 g/mol. The Balaban J connectivity index is 2.13. The van der Waals surface area contributed by atoms with Gasteiger partial charge in [-0.2, -0.15) is 0 Å². The molecule has 2 atom stereocenters. The molecule has 1 aliphatic rings. The van der Waals surface area contributed by atoms with E-state index in [9.17, 15) is 0 Å². The molecule has 94 valence electrons. The van der Waals surface area contributed by atoms with Crippen molar-refractivity contribution in [2.45, 2.75) is 18.8 Å². The molecule has 1 fully saturated rings. The molecule has 0 aromatic carbocycles. The number of pyridine rings is 1. The third kappa shape index (κ3) is 2.72. The van der Waals surface area contributed by atoms with E-state index in [4.69, 9.17) is 11.6 Å². The molecule has 0 N–H and O–H groups in total. The number of anilines is 1. The van der Waals surface area contributed by atoms with E-state index in [0.29, 0.717) is 17.8 Å². The van der Waals surface area contributed by atoms with Crippen LogP contribution in [0.5, 0.6) is 0 Å². The van der Waals surface area contributed by atoms with Gasteiger partial charge in [-0.1, -0.05) is 13.0 Å². The van der Waals surface area contributed by atoms with Gasteiger partial charge in [-0.15, -0.1) is 11.6 Å². The Morgan fingerprint density at radius 2 is 2.18 bits per heavy atom. The molecule has 0 spiro atoms. The van der Waals surface area contributed by atoms with Crippen molar-refractivity contribution in [3.63, 3.8) is 0 Å². The van der Waals surface area contributed by atoms with Crippen LogP contribution in [0.2, 0.25) is 0 Å². The maximum Gasteiger partial charge on any atom is 0.128 e. The van der Waals surface area contributed by atoms with Crippen molar-refractivity contribution in [1.29, 1.82) is 0 Å². The number of nitrogens with zero attached hydrogens (tertiary/aromatic N) is 3. The van der Waals surface area contributed by atoms with Crippen molar-refractivity contribution < 1.29 is 0 Å². The fraction of sp³-hybridized carbons (Fsp3) is 0.615. The molecule has 0 bridgehead atoms. The fourth-order valence-electron chi connectivity index (χ4n) is 2.53. The summed E-state index contributed by atoms with van der Waals surface area (Å²) in [6, 6.07) is 6.69. The summed E-state index contributed by atoms with van der Waals surface area (Å²) in [4.78, 5) is 9.23. The maximum absolute atomic E-state index is 5.82. The summed E-state index contributed by atoms with van der Waals surface area (Å²) in [5.41, 5.74) is 0.949. The Labute approximate surface area is 108 Å². The molecule has 1 aliphatic heterocycles. The lowest BCUT2D eigenvalue weighted by Gasteiger charge is -2.22. The van der Waals surface area contributed by atoms with Gasteiger partial charge in [0.15, 0.2) is 0 Å². The van der Waals surface area contributed by atoms with E-state index in [-0.39, 0.29) is 0 Å². The number of alkyl halides is 1. The summed E-state index contributed by atoms with van der Waals surface area (Å²) in [5.74, 6) is 2.21. The van der Waals surface area contributed by atoms with Crippen LogP contribution in [0.4, 0.5) is 5.82 Å². The molecule has 1 saturated heterocycles. The normalized spacial score (nSPS) is 24.6. The van der Waals surface area contributed by atoms with Gasteiger partial charge in [-0.05, 0) is 32.1 Å². The first-order valence-corrected chi connectivity index (χ1v) is 6.58. The highest BCUT2D eigenvalue weighted by Crippen LogP contribution is 2.24. The lowest BCUT2D eigenvalue weighted by molar-refractivity contribution is 0.266. The van der Waals surface area contributed by atoms with Gasteiger partial charge in [0.05, 0.1) is 11.6 Å². The van der Waals surface area contributed by atoms with Crippen molar-refractivity contribution >= 4 is 17.4 Å². The number of hydrogen-bond donors (Lipinski definition) is 0. The Bertz CT molecular complexity index is 381. The third-order valence-electron chi connectivity index (χ3n) is 3.49. The van der Waals surface area contributed by atoms with Gasteiger partial charge in [-0.3, -0.25) is 0 Å². The van der Waals surface area contributed by atoms with Gasteiger partial charge in [0.1, 0.15) is 5.82 Å². The lowest BCUT2D eigenvalue weighted by atomic mass is 10.1. The molecule has 0 amide bonds. The summed E-state index contributed by atoms with van der Waals surface area (Å²) in [7, 11) is 4.29. The van der Waals surface area contributed by atoms with E-state index in [1.807, 2.05) is 12.1 Å². The molecule has 1 aromatic rings. The quantitative estimate of drug-likeness (QED) is 0.770. The van der Waals surface area contributed by atoms with Crippen LogP contribution in [0.15, 0.2) is 18.2 Å². The number of halogens is 1. The van der Waals surface area contributed by atoms with E-state index in [1.165, 1.54) is 0 Å². The minimum absolute atomic E-state index is 0.480. The van der Waals surface area contributed by atoms with Crippen LogP contribution in [0.3, 0.4) is 0 Å². The highest BCUT2D eigenvalue weighted by molar-refractivity contribution is 6.16. The largest absolute Gasteiger partial charge is 0.355 e. The van der Waals surface area contributed by atoms with Gasteiger partial charge in [0, 0.05) is 19.1 Å². The van der Waals surface area contributed by atoms with Crippen LogP contribution in [-0.2, 0) is 5.88 Å². The monoisotopic (exact) mass is 253 g/mol. The molecule has 3 nitrogen and oxygen atoms in total. The second-order valence-electron chi connectivity index (χ2n) is 5.03. The predicted molar refractivity (Wildman–Crippen MR) is 72.6 cm³/mol. The predicted octanol–water partition coefficient (Wildman–Crippen LogP) is 2.21. The zero-order valence-corrected chi connectivity index (χ0v) is 11.5. The molecule has 2 unspecified atom stereocenters. The first-order chi connectivity index (χ1) is 8.11. The molecular weight excluding hydrogens is 234 g/mol. The minimum atomic E-state index is 0.480. The van der Waals surface area contributed by atoms with Crippen molar-refractivity contribution in [1.82, 2.24) is 9.88 Å². The standard InChI is InChI=1S/C13H20ClN3/c1-10-8-17(9-12(10)16(2)3)13-6-4-5-11(7-14)15-13/h4-6,10,12H,7-9H2,1-3H3.